The first-order chi connectivity index (χ1) is 9.20. The van der Waals surface area contributed by atoms with Crippen LogP contribution in [-0.2, 0) is 4.74 Å². The molecule has 0 aliphatic carbocycles. The number of ether oxygens (including phenoxy) is 1. The summed E-state index contributed by atoms with van der Waals surface area (Å²) in [5.41, 5.74) is 1.84. The van der Waals surface area contributed by atoms with Crippen molar-refractivity contribution in [2.75, 3.05) is 20.3 Å². The van der Waals surface area contributed by atoms with Crippen molar-refractivity contribution in [3.05, 3.63) is 35.6 Å². The van der Waals surface area contributed by atoms with Gasteiger partial charge in [0.1, 0.15) is 5.58 Å². The van der Waals surface area contributed by atoms with E-state index < -0.39 is 0 Å². The fourth-order valence-corrected chi connectivity index (χ4v) is 2.61. The molecule has 2 aromatic rings. The molecule has 0 radical (unpaired) electrons. The van der Waals surface area contributed by atoms with Gasteiger partial charge in [0.25, 0.3) is 0 Å². The minimum absolute atomic E-state index is 0.0208. The summed E-state index contributed by atoms with van der Waals surface area (Å²) in [7, 11) is 1.85. The first-order valence-electron chi connectivity index (χ1n) is 6.49. The number of hydrogen-bond acceptors (Lipinski definition) is 4. The summed E-state index contributed by atoms with van der Waals surface area (Å²) in [6.07, 6.45) is 0. The molecule has 0 spiro atoms. The Bertz CT molecular complexity index is 617. The largest absolute Gasteiger partial charge is 0.453 e. The molecule has 1 aliphatic rings. The highest BCUT2D eigenvalue weighted by molar-refractivity contribution is 6.00. The average molecular weight is 259 g/mol. The topological polar surface area (TPSA) is 51.5 Å². The van der Waals surface area contributed by atoms with Gasteiger partial charge in [0.05, 0.1) is 19.1 Å². The molecule has 1 aromatic heterocycles. The molecular formula is C15H17NO3. The minimum Gasteiger partial charge on any atom is -0.453 e. The third-order valence-corrected chi connectivity index (χ3v) is 3.77. The Morgan fingerprint density at radius 2 is 2.21 bits per heavy atom. The maximum Gasteiger partial charge on any atom is 0.205 e. The average Bonchev–Trinajstić information content (AvgIpc) is 3.04. The smallest absolute Gasteiger partial charge is 0.205 e. The summed E-state index contributed by atoms with van der Waals surface area (Å²) in [5.74, 6) is 0.290. The van der Waals surface area contributed by atoms with E-state index in [1.165, 1.54) is 0 Å². The van der Waals surface area contributed by atoms with E-state index in [-0.39, 0.29) is 17.7 Å². The number of likely N-dealkylation sites (N-methyl/N-ethyl adjacent to an activating group) is 1. The number of furan rings is 1. The van der Waals surface area contributed by atoms with Crippen molar-refractivity contribution in [3.63, 3.8) is 0 Å². The van der Waals surface area contributed by atoms with Crippen LogP contribution in [0.2, 0.25) is 0 Å². The fourth-order valence-electron chi connectivity index (χ4n) is 2.61. The van der Waals surface area contributed by atoms with E-state index in [2.05, 4.69) is 5.32 Å². The highest BCUT2D eigenvalue weighted by Gasteiger charge is 2.35. The number of rotatable bonds is 3. The zero-order valence-corrected chi connectivity index (χ0v) is 11.1. The third kappa shape index (κ3) is 2.07. The van der Waals surface area contributed by atoms with Crippen LogP contribution in [0.1, 0.15) is 16.1 Å². The number of carbonyl (C=O) groups is 1. The lowest BCUT2D eigenvalue weighted by Crippen LogP contribution is -2.36. The van der Waals surface area contributed by atoms with Crippen molar-refractivity contribution in [1.29, 1.82) is 0 Å². The van der Waals surface area contributed by atoms with Crippen molar-refractivity contribution in [2.45, 2.75) is 13.0 Å². The van der Waals surface area contributed by atoms with Crippen molar-refractivity contribution >= 4 is 16.8 Å². The first-order valence-corrected chi connectivity index (χ1v) is 6.49. The number of benzene rings is 1. The molecule has 2 unspecified atom stereocenters. The Morgan fingerprint density at radius 3 is 2.95 bits per heavy atom. The van der Waals surface area contributed by atoms with Gasteiger partial charge in [0.15, 0.2) is 5.76 Å². The number of para-hydroxylation sites is 1. The van der Waals surface area contributed by atoms with Gasteiger partial charge in [0.2, 0.25) is 5.78 Å². The van der Waals surface area contributed by atoms with Gasteiger partial charge in [0, 0.05) is 11.4 Å². The number of Topliss-reactive ketones (excluding diaryl/α,β-unsaturated/α-hetero) is 1. The Morgan fingerprint density at radius 1 is 1.37 bits per heavy atom. The van der Waals surface area contributed by atoms with E-state index >= 15 is 0 Å². The Labute approximate surface area is 111 Å². The van der Waals surface area contributed by atoms with Gasteiger partial charge in [-0.25, -0.2) is 0 Å². The SMILES string of the molecule is CNC1COCC1C(=O)c1cc2cccc(C)c2o1. The Kier molecular flexibility index (Phi) is 3.12. The van der Waals surface area contributed by atoms with Gasteiger partial charge in [-0.3, -0.25) is 4.79 Å². The Balaban J connectivity index is 1.95. The maximum absolute atomic E-state index is 12.5. The fraction of sp³-hybridized carbons (Fsp3) is 0.400. The summed E-state index contributed by atoms with van der Waals surface area (Å²) in [5, 5.41) is 4.10. The zero-order valence-electron chi connectivity index (χ0n) is 11.1. The molecule has 1 aromatic carbocycles. The van der Waals surface area contributed by atoms with Crippen LogP contribution in [0.15, 0.2) is 28.7 Å². The molecule has 0 saturated carbocycles. The summed E-state index contributed by atoms with van der Waals surface area (Å²) in [4.78, 5) is 12.5. The molecule has 2 atom stereocenters. The van der Waals surface area contributed by atoms with E-state index in [9.17, 15) is 4.79 Å². The van der Waals surface area contributed by atoms with Gasteiger partial charge >= 0.3 is 0 Å². The quantitative estimate of drug-likeness (QED) is 0.858. The number of ketones is 1. The summed E-state index contributed by atoms with van der Waals surface area (Å²) < 4.78 is 11.1. The van der Waals surface area contributed by atoms with E-state index in [0.29, 0.717) is 19.0 Å². The molecule has 19 heavy (non-hydrogen) atoms. The second kappa shape index (κ2) is 4.79. The van der Waals surface area contributed by atoms with E-state index in [0.717, 1.165) is 16.5 Å². The van der Waals surface area contributed by atoms with E-state index in [4.69, 9.17) is 9.15 Å². The van der Waals surface area contributed by atoms with Crippen LogP contribution in [0, 0.1) is 12.8 Å². The molecule has 1 fully saturated rings. The van der Waals surface area contributed by atoms with E-state index in [1.807, 2.05) is 38.2 Å². The van der Waals surface area contributed by atoms with Gasteiger partial charge in [-0.1, -0.05) is 18.2 Å². The van der Waals surface area contributed by atoms with Crippen LogP contribution in [0.3, 0.4) is 0 Å². The van der Waals surface area contributed by atoms with Gasteiger partial charge in [-0.15, -0.1) is 0 Å². The number of hydrogen-bond donors (Lipinski definition) is 1. The molecule has 100 valence electrons. The zero-order chi connectivity index (χ0) is 13.4. The molecule has 3 rings (SSSR count). The second-order valence-electron chi connectivity index (χ2n) is 5.01. The molecule has 4 heteroatoms. The van der Waals surface area contributed by atoms with E-state index in [1.54, 1.807) is 0 Å². The summed E-state index contributed by atoms with van der Waals surface area (Å²) in [6.45, 7) is 3.02. The minimum atomic E-state index is -0.161. The van der Waals surface area contributed by atoms with Gasteiger partial charge < -0.3 is 14.5 Å². The van der Waals surface area contributed by atoms with Crippen LogP contribution >= 0.6 is 0 Å². The number of carbonyl (C=O) groups excluding carboxylic acids is 1. The standard InChI is InChI=1S/C15H17NO3/c1-9-4-3-5-10-6-13(19-15(9)10)14(17)11-7-18-8-12(11)16-2/h3-6,11-12,16H,7-8H2,1-2H3. The molecule has 1 aliphatic heterocycles. The lowest BCUT2D eigenvalue weighted by atomic mass is 9.97. The molecule has 1 N–H and O–H groups in total. The van der Waals surface area contributed by atoms with Crippen molar-refractivity contribution in [3.8, 4) is 0 Å². The first kappa shape index (κ1) is 12.4. The van der Waals surface area contributed by atoms with Crippen molar-refractivity contribution in [1.82, 2.24) is 5.32 Å². The van der Waals surface area contributed by atoms with Crippen LogP contribution in [-0.4, -0.2) is 32.1 Å². The second-order valence-corrected chi connectivity index (χ2v) is 5.01. The molecule has 0 bridgehead atoms. The van der Waals surface area contributed by atoms with Gasteiger partial charge in [-0.2, -0.15) is 0 Å². The van der Waals surface area contributed by atoms with Crippen LogP contribution in [0.25, 0.3) is 11.0 Å². The third-order valence-electron chi connectivity index (χ3n) is 3.77. The summed E-state index contributed by atoms with van der Waals surface area (Å²) in [6, 6.07) is 7.81. The number of fused-ring (bicyclic) bond motifs is 1. The Hall–Kier alpha value is -1.65. The van der Waals surface area contributed by atoms with Crippen LogP contribution in [0.5, 0.6) is 0 Å². The molecule has 2 heterocycles. The van der Waals surface area contributed by atoms with Crippen molar-refractivity contribution in [2.24, 2.45) is 5.92 Å². The molecule has 0 amide bonds. The normalized spacial score (nSPS) is 23.1. The highest BCUT2D eigenvalue weighted by atomic mass is 16.5. The highest BCUT2D eigenvalue weighted by Crippen LogP contribution is 2.26. The lowest BCUT2D eigenvalue weighted by molar-refractivity contribution is 0.0866. The van der Waals surface area contributed by atoms with Crippen molar-refractivity contribution < 1.29 is 13.9 Å². The lowest BCUT2D eigenvalue weighted by Gasteiger charge is -2.13. The molecule has 4 nitrogen and oxygen atoms in total. The molecule has 1 saturated heterocycles. The van der Waals surface area contributed by atoms with Crippen LogP contribution in [0.4, 0.5) is 0 Å². The van der Waals surface area contributed by atoms with Gasteiger partial charge in [-0.05, 0) is 25.6 Å². The number of nitrogens with one attached hydrogen (secondary N) is 1. The number of aryl methyl sites for hydroxylation is 1. The predicted molar refractivity (Wildman–Crippen MR) is 72.4 cm³/mol. The summed E-state index contributed by atoms with van der Waals surface area (Å²) >= 11 is 0. The van der Waals surface area contributed by atoms with Crippen LogP contribution < -0.4 is 5.32 Å². The molecular weight excluding hydrogens is 242 g/mol. The maximum atomic E-state index is 12.5. The predicted octanol–water partition coefficient (Wildman–Crippen LogP) is 2.16. The monoisotopic (exact) mass is 259 g/mol.